The number of carboxylic acid groups (broad SMARTS) is 3. The van der Waals surface area contributed by atoms with E-state index >= 15 is 0 Å². The number of ether oxygens (including phenoxy) is 5. The topological polar surface area (TPSA) is 300 Å². The third-order valence-corrected chi connectivity index (χ3v) is 5.58. The highest BCUT2D eigenvalue weighted by Gasteiger charge is 2.55. The van der Waals surface area contributed by atoms with E-state index in [1.54, 1.807) is 0 Å². The van der Waals surface area contributed by atoms with Crippen LogP contribution in [0, 0.1) is 0 Å². The summed E-state index contributed by atoms with van der Waals surface area (Å²) < 4.78 is 24.9. The van der Waals surface area contributed by atoms with Gasteiger partial charge in [0.05, 0.1) is 0 Å². The molecule has 0 aromatic carbocycles. The van der Waals surface area contributed by atoms with Crippen LogP contribution in [-0.2, 0) is 38.1 Å². The molecule has 10 N–H and O–H groups in total. The largest absolute Gasteiger partial charge is 0.479 e. The maximum atomic E-state index is 11.8. The fourth-order valence-electron chi connectivity index (χ4n) is 3.69. The highest BCUT2D eigenvalue weighted by Crippen LogP contribution is 2.32. The van der Waals surface area contributed by atoms with Crippen LogP contribution in [0.25, 0.3) is 0 Å². The first-order valence-corrected chi connectivity index (χ1v) is 10.2. The lowest BCUT2D eigenvalue weighted by atomic mass is 9.96. The van der Waals surface area contributed by atoms with Crippen LogP contribution >= 0.6 is 0 Å². The summed E-state index contributed by atoms with van der Waals surface area (Å²) in [5.74, 6) is -6.17. The summed E-state index contributed by atoms with van der Waals surface area (Å²) in [6, 6.07) is 0. The van der Waals surface area contributed by atoms with Gasteiger partial charge in [0.1, 0.15) is 48.8 Å². The molecular weight excluding hydrogens is 504 g/mol. The molecule has 3 aliphatic rings. The summed E-state index contributed by atoms with van der Waals surface area (Å²) in [4.78, 5) is 34.4. The molecule has 0 aliphatic carbocycles. The van der Waals surface area contributed by atoms with Gasteiger partial charge in [-0.1, -0.05) is 0 Å². The molecule has 18 heteroatoms. The Labute approximate surface area is 199 Å². The Bertz CT molecular complexity index is 876. The van der Waals surface area contributed by atoms with Crippen LogP contribution < -0.4 is 0 Å². The fraction of sp³-hybridized carbons (Fsp3) is 0.722. The van der Waals surface area contributed by atoms with Crippen LogP contribution in [0.3, 0.4) is 0 Å². The molecule has 204 valence electrons. The monoisotopic (exact) mass is 528 g/mol. The summed E-state index contributed by atoms with van der Waals surface area (Å²) in [6.45, 7) is 0. The molecule has 0 aromatic rings. The minimum atomic E-state index is -2.24. The van der Waals surface area contributed by atoms with Gasteiger partial charge in [-0.3, -0.25) is 0 Å². The molecule has 13 atom stereocenters. The number of carboxylic acids is 3. The van der Waals surface area contributed by atoms with E-state index in [2.05, 4.69) is 4.74 Å². The third-order valence-electron chi connectivity index (χ3n) is 5.58. The average Bonchev–Trinajstić information content (AvgIpc) is 2.80. The van der Waals surface area contributed by atoms with E-state index in [0.29, 0.717) is 6.08 Å². The molecule has 1 unspecified atom stereocenters. The summed E-state index contributed by atoms with van der Waals surface area (Å²) in [7, 11) is 0. The maximum Gasteiger partial charge on any atom is 0.371 e. The molecule has 3 rings (SSSR count). The predicted octanol–water partition coefficient (Wildman–Crippen LogP) is -6.14. The van der Waals surface area contributed by atoms with Gasteiger partial charge < -0.3 is 74.7 Å². The zero-order valence-corrected chi connectivity index (χ0v) is 17.8. The number of hydrogen-bond donors (Lipinski definition) is 10. The van der Waals surface area contributed by atoms with Crippen molar-refractivity contribution in [2.75, 3.05) is 0 Å². The lowest BCUT2D eigenvalue weighted by Crippen LogP contribution is -2.66. The number of aliphatic carboxylic acids is 3. The van der Waals surface area contributed by atoms with E-state index < -0.39 is 104 Å². The highest BCUT2D eigenvalue weighted by atomic mass is 16.8. The van der Waals surface area contributed by atoms with Gasteiger partial charge in [-0.2, -0.15) is 0 Å². The van der Waals surface area contributed by atoms with Gasteiger partial charge in [0, 0.05) is 0 Å². The minimum absolute atomic E-state index is 0.635. The maximum absolute atomic E-state index is 11.8. The summed E-state index contributed by atoms with van der Waals surface area (Å²) in [6.07, 6.45) is -26.7. The molecule has 0 radical (unpaired) electrons. The smallest absolute Gasteiger partial charge is 0.371 e. The Kier molecular flexibility index (Phi) is 8.48. The van der Waals surface area contributed by atoms with Crippen molar-refractivity contribution in [1.82, 2.24) is 0 Å². The van der Waals surface area contributed by atoms with Gasteiger partial charge in [-0.25, -0.2) is 14.4 Å². The second-order valence-electron chi connectivity index (χ2n) is 8.02. The first-order valence-electron chi connectivity index (χ1n) is 10.2. The number of aliphatic hydroxyl groups is 7. The number of carbonyl (C=O) groups is 3. The molecule has 0 amide bonds. The van der Waals surface area contributed by atoms with E-state index in [1.165, 1.54) is 0 Å². The molecule has 0 bridgehead atoms. The number of rotatable bonds is 7. The van der Waals surface area contributed by atoms with Crippen molar-refractivity contribution in [2.45, 2.75) is 79.9 Å². The summed E-state index contributed by atoms with van der Waals surface area (Å²) in [5, 5.41) is 98.1. The zero-order valence-electron chi connectivity index (χ0n) is 17.8. The van der Waals surface area contributed by atoms with Crippen molar-refractivity contribution >= 4 is 17.9 Å². The van der Waals surface area contributed by atoms with Gasteiger partial charge in [0.25, 0.3) is 0 Å². The molecule has 2 saturated heterocycles. The first kappa shape index (κ1) is 28.1. The van der Waals surface area contributed by atoms with Gasteiger partial charge in [-0.15, -0.1) is 0 Å². The van der Waals surface area contributed by atoms with Crippen LogP contribution in [0.15, 0.2) is 11.8 Å². The molecule has 3 aliphatic heterocycles. The van der Waals surface area contributed by atoms with Crippen molar-refractivity contribution in [1.29, 1.82) is 0 Å². The van der Waals surface area contributed by atoms with E-state index in [0.717, 1.165) is 0 Å². The first-order chi connectivity index (χ1) is 16.7. The Hall–Kier alpha value is -2.49. The van der Waals surface area contributed by atoms with Gasteiger partial charge in [-0.05, 0) is 6.08 Å². The van der Waals surface area contributed by atoms with Crippen molar-refractivity contribution in [2.24, 2.45) is 0 Å². The Morgan fingerprint density at radius 1 is 0.667 bits per heavy atom. The molecule has 36 heavy (non-hydrogen) atoms. The molecular formula is C18H24O18. The highest BCUT2D eigenvalue weighted by molar-refractivity contribution is 5.84. The summed E-state index contributed by atoms with van der Waals surface area (Å²) >= 11 is 0. The predicted molar refractivity (Wildman–Crippen MR) is 101 cm³/mol. The molecule has 3 heterocycles. The van der Waals surface area contributed by atoms with E-state index in [4.69, 9.17) is 24.1 Å². The molecule has 0 aromatic heterocycles. The number of aliphatic hydroxyl groups excluding tert-OH is 7. The Morgan fingerprint density at radius 3 is 1.69 bits per heavy atom. The van der Waals surface area contributed by atoms with Crippen molar-refractivity contribution in [3.63, 3.8) is 0 Å². The van der Waals surface area contributed by atoms with Crippen LogP contribution in [-0.4, -0.2) is 149 Å². The van der Waals surface area contributed by atoms with Gasteiger partial charge >= 0.3 is 17.9 Å². The lowest BCUT2D eigenvalue weighted by molar-refractivity contribution is -0.358. The molecule has 0 spiro atoms. The molecule has 18 nitrogen and oxygen atoms in total. The Morgan fingerprint density at radius 2 is 1.17 bits per heavy atom. The van der Waals surface area contributed by atoms with Crippen molar-refractivity contribution in [3.05, 3.63) is 11.8 Å². The molecule has 2 fully saturated rings. The standard InChI is InChI=1S/C18H24O18/c19-2-1-3(13(25)26)32-17(4(2)20)34-10-6(22)8(24)18(36-12(10)15(29)30)35-9-5(21)7(23)16(31)33-11(9)14(27)28/h1-2,4-12,16-24,31H,(H,25,26)(H,27,28)(H,29,30)/t2-,4-,5+,6+,7-,8-,9-,10-,11+,12+,16?,17-,18+/m0/s1. The van der Waals surface area contributed by atoms with Crippen molar-refractivity contribution in [3.8, 4) is 0 Å². The molecule has 0 saturated carbocycles. The van der Waals surface area contributed by atoms with Gasteiger partial charge in [0.15, 0.2) is 24.8 Å². The third kappa shape index (κ3) is 5.43. The SMILES string of the molecule is O=C(O)C1=C[C@H](O)[C@H](O)[C@H](O[C@H]2[C@H](O)[C@H](O)[C@H](O[C@H]3[C@H](O)[C@H](O)C(O)O[C@H]3C(=O)O)O[C@H]2C(=O)O)O1. The van der Waals surface area contributed by atoms with E-state index in [-0.39, 0.29) is 0 Å². The lowest BCUT2D eigenvalue weighted by Gasteiger charge is -2.45. The van der Waals surface area contributed by atoms with Gasteiger partial charge in [0.2, 0.25) is 12.0 Å². The van der Waals surface area contributed by atoms with Crippen LogP contribution in [0.4, 0.5) is 0 Å². The van der Waals surface area contributed by atoms with Crippen molar-refractivity contribution < 1.29 is 89.1 Å². The minimum Gasteiger partial charge on any atom is -0.479 e. The second kappa shape index (κ2) is 10.9. The zero-order chi connectivity index (χ0) is 27.1. The fourth-order valence-corrected chi connectivity index (χ4v) is 3.69. The second-order valence-corrected chi connectivity index (χ2v) is 8.02. The normalized spacial score (nSPS) is 45.3. The van der Waals surface area contributed by atoms with E-state index in [1.807, 2.05) is 0 Å². The van der Waals surface area contributed by atoms with Crippen LogP contribution in [0.1, 0.15) is 0 Å². The van der Waals surface area contributed by atoms with Crippen LogP contribution in [0.2, 0.25) is 0 Å². The average molecular weight is 528 g/mol. The number of hydrogen-bond acceptors (Lipinski definition) is 15. The quantitative estimate of drug-likeness (QED) is 0.147. The van der Waals surface area contributed by atoms with E-state index in [9.17, 15) is 60.3 Å². The Balaban J connectivity index is 1.81. The summed E-state index contributed by atoms with van der Waals surface area (Å²) in [5.41, 5.74) is 0. The van der Waals surface area contributed by atoms with Crippen LogP contribution in [0.5, 0.6) is 0 Å².